The number of ether oxygens (including phenoxy) is 1. The normalized spacial score (nSPS) is 13.9. The van der Waals surface area contributed by atoms with Crippen LogP contribution in [0.15, 0.2) is 10.5 Å². The van der Waals surface area contributed by atoms with Crippen LogP contribution in [0.2, 0.25) is 0 Å². The molecule has 3 nitrogen and oxygen atoms in total. The SMILES string of the molecule is Cc1cc(OCCCS(C)(=O)=O)c2c(c1Br)CC2. The minimum absolute atomic E-state index is 0.185. The Morgan fingerprint density at radius 3 is 2.56 bits per heavy atom. The highest BCUT2D eigenvalue weighted by atomic mass is 79.9. The first-order valence-electron chi connectivity index (χ1n) is 6.00. The molecule has 0 fully saturated rings. The molecule has 0 aliphatic heterocycles. The van der Waals surface area contributed by atoms with Crippen LogP contribution in [0.5, 0.6) is 5.75 Å². The van der Waals surface area contributed by atoms with Gasteiger partial charge >= 0.3 is 0 Å². The summed E-state index contributed by atoms with van der Waals surface area (Å²) in [6.07, 6.45) is 3.94. The van der Waals surface area contributed by atoms with Gasteiger partial charge in [-0.25, -0.2) is 8.42 Å². The number of fused-ring (bicyclic) bond motifs is 1. The molecule has 5 heteroatoms. The molecule has 2 rings (SSSR count). The van der Waals surface area contributed by atoms with Crippen LogP contribution in [-0.2, 0) is 22.7 Å². The van der Waals surface area contributed by atoms with Gasteiger partial charge in [0.2, 0.25) is 0 Å². The van der Waals surface area contributed by atoms with E-state index >= 15 is 0 Å². The van der Waals surface area contributed by atoms with E-state index in [0.717, 1.165) is 18.6 Å². The van der Waals surface area contributed by atoms with Gasteiger partial charge in [-0.1, -0.05) is 15.9 Å². The summed E-state index contributed by atoms with van der Waals surface area (Å²) < 4.78 is 28.9. The number of aryl methyl sites for hydroxylation is 1. The van der Waals surface area contributed by atoms with Crippen molar-refractivity contribution in [1.82, 2.24) is 0 Å². The molecule has 0 amide bonds. The van der Waals surface area contributed by atoms with Crippen molar-refractivity contribution < 1.29 is 13.2 Å². The van der Waals surface area contributed by atoms with Crippen molar-refractivity contribution in [2.75, 3.05) is 18.6 Å². The van der Waals surface area contributed by atoms with E-state index in [-0.39, 0.29) is 5.75 Å². The van der Waals surface area contributed by atoms with Crippen LogP contribution in [0.1, 0.15) is 23.1 Å². The Morgan fingerprint density at radius 2 is 2.00 bits per heavy atom. The van der Waals surface area contributed by atoms with Crippen LogP contribution in [0.25, 0.3) is 0 Å². The maximum atomic E-state index is 11.0. The molecule has 1 aliphatic rings. The first-order valence-corrected chi connectivity index (χ1v) is 8.85. The molecule has 0 aromatic heterocycles. The van der Waals surface area contributed by atoms with Gasteiger partial charge in [0.25, 0.3) is 0 Å². The van der Waals surface area contributed by atoms with Gasteiger partial charge in [0.15, 0.2) is 0 Å². The van der Waals surface area contributed by atoms with Gasteiger partial charge in [-0.05, 0) is 48.9 Å². The van der Waals surface area contributed by atoms with Gasteiger partial charge in [-0.2, -0.15) is 0 Å². The van der Waals surface area contributed by atoms with Crippen LogP contribution in [0.3, 0.4) is 0 Å². The Hall–Kier alpha value is -0.550. The molecule has 0 N–H and O–H groups in total. The molecule has 0 saturated carbocycles. The van der Waals surface area contributed by atoms with E-state index in [9.17, 15) is 8.42 Å². The summed E-state index contributed by atoms with van der Waals surface area (Å²) >= 11 is 3.59. The van der Waals surface area contributed by atoms with Gasteiger partial charge in [-0.3, -0.25) is 0 Å². The molecule has 100 valence electrons. The minimum atomic E-state index is -2.89. The Bertz CT molecular complexity index is 564. The molecule has 1 aromatic rings. The van der Waals surface area contributed by atoms with Crippen molar-refractivity contribution >= 4 is 25.8 Å². The molecular formula is C13H17BrO3S. The maximum Gasteiger partial charge on any atom is 0.147 e. The third-order valence-corrected chi connectivity index (χ3v) is 5.30. The second kappa shape index (κ2) is 5.21. The fourth-order valence-corrected chi connectivity index (χ4v) is 3.30. The fourth-order valence-electron chi connectivity index (χ4n) is 2.11. The van der Waals surface area contributed by atoms with Crippen LogP contribution in [0.4, 0.5) is 0 Å². The van der Waals surface area contributed by atoms with Crippen molar-refractivity contribution in [1.29, 1.82) is 0 Å². The molecule has 1 aliphatic carbocycles. The monoisotopic (exact) mass is 332 g/mol. The minimum Gasteiger partial charge on any atom is -0.493 e. The largest absolute Gasteiger partial charge is 0.493 e. The van der Waals surface area contributed by atoms with Gasteiger partial charge in [0.1, 0.15) is 15.6 Å². The van der Waals surface area contributed by atoms with Crippen LogP contribution in [-0.4, -0.2) is 27.0 Å². The average Bonchev–Trinajstić information content (AvgIpc) is 2.19. The number of halogens is 1. The molecule has 1 aromatic carbocycles. The Kier molecular flexibility index (Phi) is 4.02. The molecule has 0 bridgehead atoms. The van der Waals surface area contributed by atoms with E-state index in [1.165, 1.54) is 27.4 Å². The van der Waals surface area contributed by atoms with Gasteiger partial charge < -0.3 is 4.74 Å². The zero-order valence-electron chi connectivity index (χ0n) is 10.6. The topological polar surface area (TPSA) is 43.4 Å². The highest BCUT2D eigenvalue weighted by Crippen LogP contribution is 2.39. The fraction of sp³-hybridized carbons (Fsp3) is 0.538. The Balaban J connectivity index is 1.99. The zero-order valence-corrected chi connectivity index (χ0v) is 13.0. The van der Waals surface area contributed by atoms with E-state index in [4.69, 9.17) is 4.74 Å². The Labute approximate surface area is 117 Å². The van der Waals surface area contributed by atoms with Crippen LogP contribution in [0, 0.1) is 6.92 Å². The van der Waals surface area contributed by atoms with Crippen molar-refractivity contribution in [3.63, 3.8) is 0 Å². The van der Waals surface area contributed by atoms with Crippen molar-refractivity contribution in [3.8, 4) is 5.75 Å². The first kappa shape index (κ1) is 13.9. The summed E-state index contributed by atoms with van der Waals surface area (Å²) in [6, 6.07) is 2.03. The number of rotatable bonds is 5. The lowest BCUT2D eigenvalue weighted by Gasteiger charge is -2.25. The molecule has 0 atom stereocenters. The van der Waals surface area contributed by atoms with E-state index in [1.807, 2.05) is 13.0 Å². The third-order valence-electron chi connectivity index (χ3n) is 3.16. The summed E-state index contributed by atoms with van der Waals surface area (Å²) in [7, 11) is -2.89. The summed E-state index contributed by atoms with van der Waals surface area (Å²) in [4.78, 5) is 0. The summed E-state index contributed by atoms with van der Waals surface area (Å²) in [5, 5.41) is 0. The summed E-state index contributed by atoms with van der Waals surface area (Å²) in [6.45, 7) is 2.51. The van der Waals surface area contributed by atoms with E-state index in [1.54, 1.807) is 0 Å². The molecule has 0 heterocycles. The number of hydrogen-bond donors (Lipinski definition) is 0. The summed E-state index contributed by atoms with van der Waals surface area (Å²) in [5.74, 6) is 1.11. The lowest BCUT2D eigenvalue weighted by atomic mass is 9.86. The highest BCUT2D eigenvalue weighted by molar-refractivity contribution is 9.10. The highest BCUT2D eigenvalue weighted by Gasteiger charge is 2.22. The molecule has 0 unspecified atom stereocenters. The second-order valence-electron chi connectivity index (χ2n) is 4.79. The first-order chi connectivity index (χ1) is 8.38. The lowest BCUT2D eigenvalue weighted by molar-refractivity contribution is 0.311. The van der Waals surface area contributed by atoms with Crippen LogP contribution >= 0.6 is 15.9 Å². The van der Waals surface area contributed by atoms with Gasteiger partial charge in [0, 0.05) is 10.7 Å². The van der Waals surface area contributed by atoms with E-state index in [2.05, 4.69) is 15.9 Å². The van der Waals surface area contributed by atoms with E-state index in [0.29, 0.717) is 13.0 Å². The standard InChI is InChI=1S/C13H17BrO3S/c1-9-8-12(10-4-5-11(10)13(9)14)17-6-3-7-18(2,15)16/h8H,3-7H2,1-2H3. The molecule has 0 spiro atoms. The number of hydrogen-bond acceptors (Lipinski definition) is 3. The zero-order chi connectivity index (χ0) is 13.3. The lowest BCUT2D eigenvalue weighted by Crippen LogP contribution is -2.14. The quantitative estimate of drug-likeness (QED) is 0.778. The Morgan fingerprint density at radius 1 is 1.33 bits per heavy atom. The van der Waals surface area contributed by atoms with Crippen molar-refractivity contribution in [2.45, 2.75) is 26.2 Å². The molecule has 0 saturated heterocycles. The predicted molar refractivity (Wildman–Crippen MR) is 76.1 cm³/mol. The van der Waals surface area contributed by atoms with Crippen molar-refractivity contribution in [3.05, 3.63) is 27.2 Å². The van der Waals surface area contributed by atoms with Crippen LogP contribution < -0.4 is 4.74 Å². The van der Waals surface area contributed by atoms with Crippen molar-refractivity contribution in [2.24, 2.45) is 0 Å². The summed E-state index contributed by atoms with van der Waals surface area (Å²) in [5.41, 5.74) is 3.78. The maximum absolute atomic E-state index is 11.0. The third kappa shape index (κ3) is 3.06. The number of benzene rings is 1. The molecule has 0 radical (unpaired) electrons. The van der Waals surface area contributed by atoms with E-state index < -0.39 is 9.84 Å². The average molecular weight is 333 g/mol. The van der Waals surface area contributed by atoms with Gasteiger partial charge in [0.05, 0.1) is 12.4 Å². The smallest absolute Gasteiger partial charge is 0.147 e. The predicted octanol–water partition coefficient (Wildman–Crippen LogP) is 2.67. The second-order valence-corrected chi connectivity index (χ2v) is 7.85. The van der Waals surface area contributed by atoms with Gasteiger partial charge in [-0.15, -0.1) is 0 Å². The molecule has 18 heavy (non-hydrogen) atoms. The number of sulfone groups is 1. The molecular weight excluding hydrogens is 316 g/mol.